The van der Waals surface area contributed by atoms with Crippen LogP contribution in [0.1, 0.15) is 25.3 Å². The van der Waals surface area contributed by atoms with E-state index in [9.17, 15) is 4.79 Å². The number of rotatable bonds is 6. The zero-order chi connectivity index (χ0) is 13.7. The van der Waals surface area contributed by atoms with Gasteiger partial charge in [0.1, 0.15) is 0 Å². The van der Waals surface area contributed by atoms with Crippen LogP contribution in [-0.4, -0.2) is 11.1 Å². The third-order valence-electron chi connectivity index (χ3n) is 3.18. The predicted molar refractivity (Wildman–Crippen MR) is 81.6 cm³/mol. The topological polar surface area (TPSA) is 34.0 Å². The van der Waals surface area contributed by atoms with E-state index in [1.807, 2.05) is 36.7 Å². The van der Waals surface area contributed by atoms with Crippen molar-refractivity contribution >= 4 is 11.3 Å². The van der Waals surface area contributed by atoms with E-state index >= 15 is 0 Å². The summed E-state index contributed by atoms with van der Waals surface area (Å²) in [5.74, 6) is 0. The van der Waals surface area contributed by atoms with Crippen LogP contribution in [0.5, 0.6) is 0 Å². The number of pyridine rings is 1. The lowest BCUT2D eigenvalue weighted by Gasteiger charge is -2.09. The number of unbranched alkanes of at least 4 members (excludes halogenated alkanes) is 1. The third kappa shape index (κ3) is 3.33. The maximum Gasteiger partial charge on any atom is 0.255 e. The van der Waals surface area contributed by atoms with Crippen LogP contribution in [0.2, 0.25) is 0 Å². The Morgan fingerprint density at radius 2 is 2.16 bits per heavy atom. The summed E-state index contributed by atoms with van der Waals surface area (Å²) in [6, 6.07) is 8.02. The average Bonchev–Trinajstić information content (AvgIpc) is 2.93. The quantitative estimate of drug-likeness (QED) is 0.823. The molecule has 19 heavy (non-hydrogen) atoms. The van der Waals surface area contributed by atoms with Crippen LogP contribution in [0, 0.1) is 0 Å². The van der Waals surface area contributed by atoms with Gasteiger partial charge in [-0.1, -0.05) is 25.5 Å². The van der Waals surface area contributed by atoms with E-state index in [-0.39, 0.29) is 5.56 Å². The molecule has 102 valence electrons. The van der Waals surface area contributed by atoms with Crippen LogP contribution in [0.15, 0.2) is 34.4 Å². The molecule has 2 aromatic heterocycles. The van der Waals surface area contributed by atoms with Crippen molar-refractivity contribution in [1.29, 1.82) is 0 Å². The second kappa shape index (κ2) is 6.68. The number of nitrogens with one attached hydrogen (secondary N) is 1. The van der Waals surface area contributed by atoms with Gasteiger partial charge in [-0.05, 0) is 30.5 Å². The van der Waals surface area contributed by atoms with Crippen molar-refractivity contribution in [3.05, 3.63) is 45.6 Å². The standard InChI is InChI=1S/C15H20N2OS/c1-3-4-9-16-11-12-7-8-13(17(2)15(12)18)14-6-5-10-19-14/h5-8,10,16H,3-4,9,11H2,1-2H3. The van der Waals surface area contributed by atoms with E-state index in [0.717, 1.165) is 29.1 Å². The Hall–Kier alpha value is -1.39. The van der Waals surface area contributed by atoms with E-state index in [2.05, 4.69) is 12.2 Å². The second-order valence-electron chi connectivity index (χ2n) is 4.62. The molecule has 2 rings (SSSR count). The maximum atomic E-state index is 12.3. The van der Waals surface area contributed by atoms with Crippen molar-refractivity contribution in [3.8, 4) is 10.6 Å². The van der Waals surface area contributed by atoms with Gasteiger partial charge in [-0.15, -0.1) is 11.3 Å². The van der Waals surface area contributed by atoms with Gasteiger partial charge < -0.3 is 9.88 Å². The highest BCUT2D eigenvalue weighted by Crippen LogP contribution is 2.22. The molecule has 0 saturated carbocycles. The molecule has 0 bridgehead atoms. The molecule has 0 aromatic carbocycles. The fourth-order valence-electron chi connectivity index (χ4n) is 2.02. The van der Waals surface area contributed by atoms with Gasteiger partial charge in [0, 0.05) is 19.2 Å². The van der Waals surface area contributed by atoms with E-state index in [1.165, 1.54) is 6.42 Å². The summed E-state index contributed by atoms with van der Waals surface area (Å²) in [4.78, 5) is 13.4. The molecule has 0 fully saturated rings. The largest absolute Gasteiger partial charge is 0.312 e. The molecule has 0 aliphatic carbocycles. The fourth-order valence-corrected chi connectivity index (χ4v) is 2.81. The Morgan fingerprint density at radius 1 is 1.32 bits per heavy atom. The second-order valence-corrected chi connectivity index (χ2v) is 5.56. The molecule has 0 aliphatic heterocycles. The van der Waals surface area contributed by atoms with E-state index in [1.54, 1.807) is 15.9 Å². The van der Waals surface area contributed by atoms with Gasteiger partial charge in [0.05, 0.1) is 10.6 Å². The highest BCUT2D eigenvalue weighted by molar-refractivity contribution is 7.13. The van der Waals surface area contributed by atoms with Crippen LogP contribution < -0.4 is 10.9 Å². The molecule has 0 saturated heterocycles. The molecule has 0 aliphatic rings. The monoisotopic (exact) mass is 276 g/mol. The van der Waals surface area contributed by atoms with Crippen molar-refractivity contribution in [2.24, 2.45) is 7.05 Å². The lowest BCUT2D eigenvalue weighted by molar-refractivity contribution is 0.634. The first-order valence-electron chi connectivity index (χ1n) is 6.67. The SMILES string of the molecule is CCCCNCc1ccc(-c2cccs2)n(C)c1=O. The molecule has 0 amide bonds. The van der Waals surface area contributed by atoms with Crippen LogP contribution in [0.3, 0.4) is 0 Å². The first-order chi connectivity index (χ1) is 9.24. The molecular formula is C15H20N2OS. The van der Waals surface area contributed by atoms with Crippen LogP contribution in [-0.2, 0) is 13.6 Å². The lowest BCUT2D eigenvalue weighted by atomic mass is 10.2. The summed E-state index contributed by atoms with van der Waals surface area (Å²) >= 11 is 1.65. The molecule has 2 heterocycles. The number of nitrogens with zero attached hydrogens (tertiary/aromatic N) is 1. The lowest BCUT2D eigenvalue weighted by Crippen LogP contribution is -2.26. The van der Waals surface area contributed by atoms with Gasteiger partial charge in [-0.2, -0.15) is 0 Å². The van der Waals surface area contributed by atoms with Gasteiger partial charge in [0.15, 0.2) is 0 Å². The highest BCUT2D eigenvalue weighted by atomic mass is 32.1. The Morgan fingerprint density at radius 3 is 2.84 bits per heavy atom. The fraction of sp³-hybridized carbons (Fsp3) is 0.400. The van der Waals surface area contributed by atoms with Crippen LogP contribution in [0.25, 0.3) is 10.6 Å². The summed E-state index contributed by atoms with van der Waals surface area (Å²) in [5, 5.41) is 5.34. The number of thiophene rings is 1. The number of hydrogen-bond donors (Lipinski definition) is 1. The first kappa shape index (κ1) is 14.0. The Labute approximate surface area is 117 Å². The molecule has 0 unspecified atom stereocenters. The van der Waals surface area contributed by atoms with Crippen molar-refractivity contribution in [2.75, 3.05) is 6.54 Å². The minimum Gasteiger partial charge on any atom is -0.312 e. The molecule has 0 radical (unpaired) electrons. The van der Waals surface area contributed by atoms with Gasteiger partial charge in [-0.3, -0.25) is 4.79 Å². The van der Waals surface area contributed by atoms with Crippen molar-refractivity contribution < 1.29 is 0 Å². The molecule has 2 aromatic rings. The number of aromatic nitrogens is 1. The molecule has 0 spiro atoms. The molecule has 1 N–H and O–H groups in total. The van der Waals surface area contributed by atoms with Gasteiger partial charge in [0.25, 0.3) is 5.56 Å². The van der Waals surface area contributed by atoms with E-state index in [4.69, 9.17) is 0 Å². The van der Waals surface area contributed by atoms with Gasteiger partial charge >= 0.3 is 0 Å². The van der Waals surface area contributed by atoms with E-state index in [0.29, 0.717) is 6.54 Å². The maximum absolute atomic E-state index is 12.3. The average molecular weight is 276 g/mol. The summed E-state index contributed by atoms with van der Waals surface area (Å²) in [5.41, 5.74) is 1.91. The van der Waals surface area contributed by atoms with Gasteiger partial charge in [0.2, 0.25) is 0 Å². The summed E-state index contributed by atoms with van der Waals surface area (Å²) in [6.07, 6.45) is 2.32. The van der Waals surface area contributed by atoms with Gasteiger partial charge in [-0.25, -0.2) is 0 Å². The first-order valence-corrected chi connectivity index (χ1v) is 7.55. The molecular weight excluding hydrogens is 256 g/mol. The minimum atomic E-state index is 0.0925. The molecule has 3 nitrogen and oxygen atoms in total. The Kier molecular flexibility index (Phi) is 4.93. The minimum absolute atomic E-state index is 0.0925. The molecule has 4 heteroatoms. The summed E-state index contributed by atoms with van der Waals surface area (Å²) in [6.45, 7) is 3.78. The highest BCUT2D eigenvalue weighted by Gasteiger charge is 2.07. The van der Waals surface area contributed by atoms with Crippen molar-refractivity contribution in [2.45, 2.75) is 26.3 Å². The smallest absolute Gasteiger partial charge is 0.255 e. The van der Waals surface area contributed by atoms with Crippen LogP contribution in [0.4, 0.5) is 0 Å². The summed E-state index contributed by atoms with van der Waals surface area (Å²) < 4.78 is 1.74. The van der Waals surface area contributed by atoms with Crippen molar-refractivity contribution in [3.63, 3.8) is 0 Å². The predicted octanol–water partition coefficient (Wildman–Crippen LogP) is 3.00. The molecule has 0 atom stereocenters. The Bertz CT molecular complexity index is 572. The normalized spacial score (nSPS) is 10.8. The van der Waals surface area contributed by atoms with Crippen molar-refractivity contribution in [1.82, 2.24) is 9.88 Å². The third-order valence-corrected chi connectivity index (χ3v) is 4.07. The zero-order valence-corrected chi connectivity index (χ0v) is 12.3. The Balaban J connectivity index is 2.16. The summed E-state index contributed by atoms with van der Waals surface area (Å²) in [7, 11) is 1.84. The van der Waals surface area contributed by atoms with Crippen LogP contribution >= 0.6 is 11.3 Å². The zero-order valence-electron chi connectivity index (χ0n) is 11.5. The van der Waals surface area contributed by atoms with E-state index < -0.39 is 0 Å². The number of hydrogen-bond acceptors (Lipinski definition) is 3.